The Labute approximate surface area is 102 Å². The summed E-state index contributed by atoms with van der Waals surface area (Å²) in [5.74, 6) is 0.526. The zero-order valence-electron chi connectivity index (χ0n) is 10.6. The predicted octanol–water partition coefficient (Wildman–Crippen LogP) is 2.32. The molecule has 0 radical (unpaired) electrons. The summed E-state index contributed by atoms with van der Waals surface area (Å²) in [7, 11) is 0. The van der Waals surface area contributed by atoms with Gasteiger partial charge in [-0.15, -0.1) is 0 Å². The number of ether oxygens (including phenoxy) is 1. The number of aromatic nitrogens is 1. The summed E-state index contributed by atoms with van der Waals surface area (Å²) in [6.45, 7) is 5.73. The molecular formula is C13H20N2O2. The van der Waals surface area contributed by atoms with E-state index in [1.165, 1.54) is 6.20 Å². The van der Waals surface area contributed by atoms with Crippen LogP contribution in [0.25, 0.3) is 6.08 Å². The van der Waals surface area contributed by atoms with Crippen LogP contribution in [0.3, 0.4) is 0 Å². The second-order valence-corrected chi connectivity index (χ2v) is 4.36. The Bertz CT molecular complexity index is 387. The number of pyridine rings is 1. The van der Waals surface area contributed by atoms with Crippen LogP contribution >= 0.6 is 0 Å². The molecule has 1 rings (SSSR count). The van der Waals surface area contributed by atoms with E-state index in [0.29, 0.717) is 11.3 Å². The van der Waals surface area contributed by atoms with Gasteiger partial charge in [0.25, 0.3) is 0 Å². The van der Waals surface area contributed by atoms with Gasteiger partial charge in [-0.3, -0.25) is 4.98 Å². The van der Waals surface area contributed by atoms with Crippen molar-refractivity contribution in [3.8, 4) is 11.5 Å². The lowest BCUT2D eigenvalue weighted by Gasteiger charge is -2.11. The SMILES string of the molecule is CC(C)Oc1cncc(/C=C/C[C@@H](C)N)c1O. The minimum Gasteiger partial charge on any atom is -0.504 e. The van der Waals surface area contributed by atoms with Crippen LogP contribution in [0.4, 0.5) is 0 Å². The molecule has 17 heavy (non-hydrogen) atoms. The molecule has 3 N–H and O–H groups in total. The van der Waals surface area contributed by atoms with Crippen LogP contribution in [0.1, 0.15) is 32.8 Å². The Kier molecular flexibility index (Phi) is 4.97. The molecule has 0 spiro atoms. The molecule has 0 amide bonds. The van der Waals surface area contributed by atoms with Crippen LogP contribution in [0.15, 0.2) is 18.5 Å². The van der Waals surface area contributed by atoms with Crippen molar-refractivity contribution < 1.29 is 9.84 Å². The van der Waals surface area contributed by atoms with Gasteiger partial charge in [-0.1, -0.05) is 12.2 Å². The summed E-state index contributed by atoms with van der Waals surface area (Å²) in [5.41, 5.74) is 6.28. The van der Waals surface area contributed by atoms with Gasteiger partial charge in [0.1, 0.15) is 0 Å². The Morgan fingerprint density at radius 1 is 1.41 bits per heavy atom. The van der Waals surface area contributed by atoms with Gasteiger partial charge in [0.05, 0.1) is 12.3 Å². The number of hydrogen-bond donors (Lipinski definition) is 2. The summed E-state index contributed by atoms with van der Waals surface area (Å²) in [4.78, 5) is 4.03. The van der Waals surface area contributed by atoms with Crippen molar-refractivity contribution in [1.82, 2.24) is 4.98 Å². The maximum atomic E-state index is 9.96. The standard InChI is InChI=1S/C13H20N2O2/c1-9(2)17-12-8-15-7-11(13(12)16)6-4-5-10(3)14/h4,6-10H,5,14H2,1-3H3,(H,15,16)/b6-4+/t10-/m1/s1. The smallest absolute Gasteiger partial charge is 0.180 e. The molecule has 0 aliphatic heterocycles. The monoisotopic (exact) mass is 236 g/mol. The van der Waals surface area contributed by atoms with Gasteiger partial charge in [0.2, 0.25) is 0 Å². The maximum absolute atomic E-state index is 9.96. The lowest BCUT2D eigenvalue weighted by atomic mass is 10.2. The molecule has 0 saturated carbocycles. The first-order chi connectivity index (χ1) is 8.00. The summed E-state index contributed by atoms with van der Waals surface area (Å²) in [6.07, 6.45) is 7.60. The first-order valence-corrected chi connectivity index (χ1v) is 5.76. The van der Waals surface area contributed by atoms with Crippen LogP contribution in [0.2, 0.25) is 0 Å². The summed E-state index contributed by atoms with van der Waals surface area (Å²) in [5, 5.41) is 9.96. The van der Waals surface area contributed by atoms with Crippen molar-refractivity contribution in [2.75, 3.05) is 0 Å². The van der Waals surface area contributed by atoms with Crippen LogP contribution in [0.5, 0.6) is 11.5 Å². The van der Waals surface area contributed by atoms with Gasteiger partial charge in [0.15, 0.2) is 11.5 Å². The van der Waals surface area contributed by atoms with Crippen molar-refractivity contribution in [3.05, 3.63) is 24.0 Å². The topological polar surface area (TPSA) is 68.4 Å². The number of aromatic hydroxyl groups is 1. The molecule has 1 aromatic rings. The molecule has 0 aliphatic carbocycles. The molecule has 0 saturated heterocycles. The van der Waals surface area contributed by atoms with E-state index in [1.807, 2.05) is 26.8 Å². The number of rotatable bonds is 5. The highest BCUT2D eigenvalue weighted by atomic mass is 16.5. The summed E-state index contributed by atoms with van der Waals surface area (Å²) >= 11 is 0. The predicted molar refractivity (Wildman–Crippen MR) is 69.0 cm³/mol. The van der Waals surface area contributed by atoms with Gasteiger partial charge in [-0.25, -0.2) is 0 Å². The minimum absolute atomic E-state index is 0.00555. The maximum Gasteiger partial charge on any atom is 0.180 e. The zero-order chi connectivity index (χ0) is 12.8. The third-order valence-corrected chi connectivity index (χ3v) is 2.08. The molecule has 4 heteroatoms. The highest BCUT2D eigenvalue weighted by Crippen LogP contribution is 2.30. The van der Waals surface area contributed by atoms with E-state index in [2.05, 4.69) is 4.98 Å². The van der Waals surface area contributed by atoms with Gasteiger partial charge < -0.3 is 15.6 Å². The molecule has 1 aromatic heterocycles. The van der Waals surface area contributed by atoms with Crippen molar-refractivity contribution in [2.45, 2.75) is 39.3 Å². The van der Waals surface area contributed by atoms with E-state index in [9.17, 15) is 5.11 Å². The van der Waals surface area contributed by atoms with Gasteiger partial charge in [-0.2, -0.15) is 0 Å². The highest BCUT2D eigenvalue weighted by molar-refractivity contribution is 5.60. The molecule has 0 fully saturated rings. The summed E-state index contributed by atoms with van der Waals surface area (Å²) in [6, 6.07) is 0.108. The fourth-order valence-corrected chi connectivity index (χ4v) is 1.32. The third-order valence-electron chi connectivity index (χ3n) is 2.08. The van der Waals surface area contributed by atoms with E-state index >= 15 is 0 Å². The second kappa shape index (κ2) is 6.25. The Hall–Kier alpha value is -1.55. The molecule has 1 atom stereocenters. The quantitative estimate of drug-likeness (QED) is 0.823. The van der Waals surface area contributed by atoms with E-state index in [1.54, 1.807) is 12.3 Å². The van der Waals surface area contributed by atoms with Gasteiger partial charge in [0, 0.05) is 17.8 Å². The second-order valence-electron chi connectivity index (χ2n) is 4.36. The lowest BCUT2D eigenvalue weighted by molar-refractivity contribution is 0.230. The van der Waals surface area contributed by atoms with E-state index in [-0.39, 0.29) is 17.9 Å². The molecule has 0 aliphatic rings. The van der Waals surface area contributed by atoms with Gasteiger partial charge >= 0.3 is 0 Å². The van der Waals surface area contributed by atoms with Crippen LogP contribution in [-0.2, 0) is 0 Å². The molecule has 0 unspecified atom stereocenters. The minimum atomic E-state index is 0.00555. The fraction of sp³-hybridized carbons (Fsp3) is 0.462. The normalized spacial score (nSPS) is 13.2. The summed E-state index contributed by atoms with van der Waals surface area (Å²) < 4.78 is 5.44. The van der Waals surface area contributed by atoms with Crippen molar-refractivity contribution >= 4 is 6.08 Å². The van der Waals surface area contributed by atoms with Crippen molar-refractivity contribution in [2.24, 2.45) is 5.73 Å². The zero-order valence-corrected chi connectivity index (χ0v) is 10.6. The fourth-order valence-electron chi connectivity index (χ4n) is 1.32. The average molecular weight is 236 g/mol. The highest BCUT2D eigenvalue weighted by Gasteiger charge is 2.08. The van der Waals surface area contributed by atoms with E-state index in [4.69, 9.17) is 10.5 Å². The first-order valence-electron chi connectivity index (χ1n) is 5.76. The van der Waals surface area contributed by atoms with E-state index in [0.717, 1.165) is 6.42 Å². The lowest BCUT2D eigenvalue weighted by Crippen LogP contribution is -2.12. The molecule has 94 valence electrons. The van der Waals surface area contributed by atoms with Gasteiger partial charge in [-0.05, 0) is 27.2 Å². The number of nitrogens with two attached hydrogens (primary N) is 1. The Morgan fingerprint density at radius 2 is 2.12 bits per heavy atom. The first kappa shape index (κ1) is 13.5. The third kappa shape index (κ3) is 4.44. The van der Waals surface area contributed by atoms with Crippen LogP contribution < -0.4 is 10.5 Å². The number of hydrogen-bond acceptors (Lipinski definition) is 4. The molecular weight excluding hydrogens is 216 g/mol. The van der Waals surface area contributed by atoms with Crippen molar-refractivity contribution in [3.63, 3.8) is 0 Å². The average Bonchev–Trinajstić information content (AvgIpc) is 2.22. The molecule has 0 bridgehead atoms. The van der Waals surface area contributed by atoms with Crippen molar-refractivity contribution in [1.29, 1.82) is 0 Å². The van der Waals surface area contributed by atoms with Crippen LogP contribution in [-0.4, -0.2) is 22.2 Å². The van der Waals surface area contributed by atoms with E-state index < -0.39 is 0 Å². The molecule has 4 nitrogen and oxygen atoms in total. The number of nitrogens with zero attached hydrogens (tertiary/aromatic N) is 1. The molecule has 0 aromatic carbocycles. The van der Waals surface area contributed by atoms with Crippen LogP contribution in [0, 0.1) is 0 Å². The largest absolute Gasteiger partial charge is 0.504 e. The molecule has 1 heterocycles. The Morgan fingerprint density at radius 3 is 2.71 bits per heavy atom. The Balaban J connectivity index is 2.83.